The van der Waals surface area contributed by atoms with Gasteiger partial charge >= 0.3 is 0 Å². The van der Waals surface area contributed by atoms with E-state index in [2.05, 4.69) is 122 Å². The Hall–Kier alpha value is -5.74. The molecule has 0 aliphatic carbocycles. The lowest BCUT2D eigenvalue weighted by Gasteiger charge is -2.15. The molecule has 0 aliphatic heterocycles. The Morgan fingerprint density at radius 2 is 1.08 bits per heavy atom. The Kier molecular flexibility index (Phi) is 17.7. The van der Waals surface area contributed by atoms with Gasteiger partial charge in [-0.15, -0.1) is 0 Å². The van der Waals surface area contributed by atoms with E-state index in [-0.39, 0.29) is 17.4 Å². The number of ether oxygens (including phenoxy) is 1. The molecule has 60 heavy (non-hydrogen) atoms. The van der Waals surface area contributed by atoms with Crippen molar-refractivity contribution < 1.29 is 19.0 Å². The molecule has 0 aromatic heterocycles. The summed E-state index contributed by atoms with van der Waals surface area (Å²) in [6.07, 6.45) is 5.93. The molecule has 0 radical (unpaired) electrons. The van der Waals surface area contributed by atoms with E-state index in [0.717, 1.165) is 69.5 Å². The molecule has 1 N–H and O–H groups in total. The quantitative estimate of drug-likeness (QED) is 0.0881. The van der Waals surface area contributed by atoms with E-state index >= 15 is 0 Å². The van der Waals surface area contributed by atoms with Crippen molar-refractivity contribution in [2.45, 2.75) is 108 Å². The van der Waals surface area contributed by atoms with Crippen LogP contribution in [0.25, 0.3) is 28.0 Å². The third kappa shape index (κ3) is 12.6. The fraction of sp³-hybridized carbons (Fsp3) is 0.304. The Balaban J connectivity index is 0.000000254. The maximum atomic E-state index is 13.2. The number of benzene rings is 6. The second-order valence-corrected chi connectivity index (χ2v) is 15.7. The molecule has 0 unspecified atom stereocenters. The number of rotatable bonds is 14. The Bertz CT molecular complexity index is 2150. The van der Waals surface area contributed by atoms with Crippen molar-refractivity contribution in [3.05, 3.63) is 188 Å². The lowest BCUT2D eigenvalue weighted by Crippen LogP contribution is -2.02. The van der Waals surface area contributed by atoms with Crippen LogP contribution in [0.2, 0.25) is 0 Å². The number of halogens is 1. The predicted molar refractivity (Wildman–Crippen MR) is 253 cm³/mol. The van der Waals surface area contributed by atoms with Crippen LogP contribution in [0, 0.1) is 40.4 Å². The lowest BCUT2D eigenvalue weighted by molar-refractivity contribution is 0.101. The van der Waals surface area contributed by atoms with Crippen molar-refractivity contribution in [3.8, 4) is 28.0 Å². The molecular formula is C56H65FO3. The number of unbranched alkanes of at least 4 members (excludes halogenated alkanes) is 1. The zero-order valence-corrected chi connectivity index (χ0v) is 37.7. The number of aryl methyl sites for hydroxylation is 5. The van der Waals surface area contributed by atoms with E-state index in [0.29, 0.717) is 18.6 Å². The molecule has 0 fully saturated rings. The largest absolute Gasteiger partial charge is 0.508 e. The van der Waals surface area contributed by atoms with Crippen LogP contribution in [0.4, 0.5) is 4.39 Å². The van der Waals surface area contributed by atoms with Crippen LogP contribution in [0.1, 0.15) is 125 Å². The number of hydrogen-bond acceptors (Lipinski definition) is 3. The van der Waals surface area contributed by atoms with Gasteiger partial charge in [0.05, 0.1) is 6.61 Å². The summed E-state index contributed by atoms with van der Waals surface area (Å²) in [5.74, 6) is 0.846. The van der Waals surface area contributed by atoms with Crippen LogP contribution >= 0.6 is 0 Å². The van der Waals surface area contributed by atoms with Gasteiger partial charge in [-0.25, -0.2) is 4.39 Å². The highest BCUT2D eigenvalue weighted by atomic mass is 19.1. The minimum Gasteiger partial charge on any atom is -0.508 e. The topological polar surface area (TPSA) is 46.5 Å². The smallest absolute Gasteiger partial charge is 0.160 e. The third-order valence-electron chi connectivity index (χ3n) is 10.8. The molecule has 6 aromatic carbocycles. The highest BCUT2D eigenvalue weighted by molar-refractivity contribution is 5.96. The van der Waals surface area contributed by atoms with Crippen molar-refractivity contribution in [3.63, 3.8) is 0 Å². The molecule has 0 saturated heterocycles. The molecule has 0 bridgehead atoms. The summed E-state index contributed by atoms with van der Waals surface area (Å²) in [5.41, 5.74) is 18.0. The van der Waals surface area contributed by atoms with Crippen LogP contribution < -0.4 is 4.74 Å². The van der Waals surface area contributed by atoms with E-state index in [9.17, 15) is 14.3 Å². The minimum absolute atomic E-state index is 0.0318. The van der Waals surface area contributed by atoms with Crippen LogP contribution in [0.5, 0.6) is 5.75 Å². The van der Waals surface area contributed by atoms with Gasteiger partial charge in [0.1, 0.15) is 17.3 Å². The highest BCUT2D eigenvalue weighted by Gasteiger charge is 2.14. The Morgan fingerprint density at radius 3 is 1.55 bits per heavy atom. The number of aliphatic hydroxyl groups excluding tert-OH is 1. The average molecular weight is 805 g/mol. The lowest BCUT2D eigenvalue weighted by atomic mass is 9.90. The monoisotopic (exact) mass is 804 g/mol. The Labute approximate surface area is 360 Å². The van der Waals surface area contributed by atoms with Crippen molar-refractivity contribution in [2.75, 3.05) is 6.61 Å². The fourth-order valence-electron chi connectivity index (χ4n) is 7.67. The molecule has 314 valence electrons. The normalized spacial score (nSPS) is 10.6. The molecule has 4 heteroatoms. The van der Waals surface area contributed by atoms with Crippen molar-refractivity contribution in [2.24, 2.45) is 0 Å². The van der Waals surface area contributed by atoms with E-state index in [1.54, 1.807) is 19.1 Å². The highest BCUT2D eigenvalue weighted by Crippen LogP contribution is 2.33. The standard InChI is InChI=1S/C28H32O.C26H27FO2.C2H6/c1-6-7-8-27-20(3)15-25(16-21(27)4)24-13-14-28(22(5)29)26(18-24)17-23-11-9-19(2)10-12-23;1-5-12-29-26-17(2)13-22(14-18(26)3)21-8-11-25(19(4)28)23(16-21)15-20-6-9-24(27)10-7-20;1-2/h9-16,18H,6-8,17H2,1-5H3;6-11,13-14,16,28H,4-5,12,15H2,1-3H3;1-2H3. The first-order valence-corrected chi connectivity index (χ1v) is 21.6. The molecular weight excluding hydrogens is 740 g/mol. The van der Waals surface area contributed by atoms with Crippen molar-refractivity contribution in [1.82, 2.24) is 0 Å². The van der Waals surface area contributed by atoms with Crippen molar-refractivity contribution >= 4 is 11.5 Å². The number of aliphatic hydroxyl groups is 1. The van der Waals surface area contributed by atoms with Gasteiger partial charge in [-0.05, 0) is 170 Å². The minimum atomic E-state index is -0.259. The zero-order chi connectivity index (χ0) is 43.9. The van der Waals surface area contributed by atoms with Crippen LogP contribution in [0.3, 0.4) is 0 Å². The van der Waals surface area contributed by atoms with Gasteiger partial charge in [-0.1, -0.05) is 131 Å². The molecule has 3 nitrogen and oxygen atoms in total. The molecule has 0 spiro atoms. The van der Waals surface area contributed by atoms with E-state index in [1.165, 1.54) is 63.9 Å². The predicted octanol–water partition coefficient (Wildman–Crippen LogP) is 15.5. The zero-order valence-electron chi connectivity index (χ0n) is 37.7. The van der Waals surface area contributed by atoms with E-state index in [4.69, 9.17) is 4.74 Å². The van der Waals surface area contributed by atoms with Gasteiger partial charge in [-0.3, -0.25) is 4.79 Å². The van der Waals surface area contributed by atoms with Gasteiger partial charge in [-0.2, -0.15) is 0 Å². The van der Waals surface area contributed by atoms with Gasteiger partial charge in [0.15, 0.2) is 5.78 Å². The SMILES string of the molecule is C=C(O)c1ccc(-c2cc(C)c(OCCC)c(C)c2)cc1Cc1ccc(F)cc1.CC.CCCCc1c(C)cc(-c2ccc(C(C)=O)c(Cc3ccc(C)cc3)c2)cc1C. The van der Waals surface area contributed by atoms with E-state index in [1.807, 2.05) is 32.0 Å². The number of carbonyl (C=O) groups excluding carboxylic acids is 1. The summed E-state index contributed by atoms with van der Waals surface area (Å²) in [4.78, 5) is 12.2. The van der Waals surface area contributed by atoms with Crippen LogP contribution in [-0.2, 0) is 19.3 Å². The van der Waals surface area contributed by atoms with Crippen LogP contribution in [-0.4, -0.2) is 17.5 Å². The molecule has 6 rings (SSSR count). The number of ketones is 1. The molecule has 0 heterocycles. The maximum absolute atomic E-state index is 13.2. The van der Waals surface area contributed by atoms with E-state index < -0.39 is 0 Å². The fourth-order valence-corrected chi connectivity index (χ4v) is 7.67. The summed E-state index contributed by atoms with van der Waals surface area (Å²) in [7, 11) is 0. The summed E-state index contributed by atoms with van der Waals surface area (Å²) in [6.45, 7) is 25.1. The van der Waals surface area contributed by atoms with Crippen LogP contribution in [0.15, 0.2) is 116 Å². The second kappa shape index (κ2) is 22.6. The molecule has 0 saturated carbocycles. The number of Topliss-reactive ketones (excluding diaryl/α,β-unsaturated/α-hetero) is 1. The summed E-state index contributed by atoms with van der Waals surface area (Å²) < 4.78 is 19.1. The Morgan fingerprint density at radius 1 is 0.617 bits per heavy atom. The summed E-state index contributed by atoms with van der Waals surface area (Å²) in [5, 5.41) is 10.0. The van der Waals surface area contributed by atoms with Gasteiger partial charge in [0, 0.05) is 11.1 Å². The van der Waals surface area contributed by atoms with Gasteiger partial charge in [0.25, 0.3) is 0 Å². The number of carbonyl (C=O) groups is 1. The maximum Gasteiger partial charge on any atom is 0.160 e. The first kappa shape index (κ1) is 46.9. The molecule has 6 aromatic rings. The first-order chi connectivity index (χ1) is 28.8. The average Bonchev–Trinajstić information content (AvgIpc) is 3.22. The van der Waals surface area contributed by atoms with Gasteiger partial charge < -0.3 is 9.84 Å². The summed E-state index contributed by atoms with van der Waals surface area (Å²) >= 11 is 0. The summed E-state index contributed by atoms with van der Waals surface area (Å²) in [6, 6.07) is 36.1. The first-order valence-electron chi connectivity index (χ1n) is 21.6. The second-order valence-electron chi connectivity index (χ2n) is 15.7. The third-order valence-corrected chi connectivity index (χ3v) is 10.8. The molecule has 0 atom stereocenters. The number of hydrogen-bond donors (Lipinski definition) is 1. The molecule has 0 aliphatic rings. The van der Waals surface area contributed by atoms with Crippen molar-refractivity contribution in [1.29, 1.82) is 0 Å². The van der Waals surface area contributed by atoms with Gasteiger partial charge in [0.2, 0.25) is 0 Å². The molecule has 0 amide bonds.